The average molecular weight is 394 g/mol. The highest BCUT2D eigenvalue weighted by atomic mass is 16.5. The van der Waals surface area contributed by atoms with Crippen molar-refractivity contribution >= 4 is 11.8 Å². The van der Waals surface area contributed by atoms with E-state index in [9.17, 15) is 9.59 Å². The molecule has 0 bridgehead atoms. The van der Waals surface area contributed by atoms with Crippen LogP contribution in [0.4, 0.5) is 0 Å². The number of amides is 2. The second-order valence-corrected chi connectivity index (χ2v) is 8.25. The van der Waals surface area contributed by atoms with Crippen LogP contribution in [-0.2, 0) is 22.7 Å². The highest BCUT2D eigenvalue weighted by Crippen LogP contribution is 2.29. The molecule has 29 heavy (non-hydrogen) atoms. The molecule has 5 rings (SSSR count). The molecule has 152 valence electrons. The van der Waals surface area contributed by atoms with Crippen molar-refractivity contribution in [3.63, 3.8) is 0 Å². The van der Waals surface area contributed by atoms with E-state index in [0.717, 1.165) is 24.1 Å². The first-order valence-electron chi connectivity index (χ1n) is 10.5. The SMILES string of the molecule is O=C(NC1CC1)C1CCN(C(=O)c2ncn3c2CO[C@@H](c2ccccc2)C3)CC1. The van der Waals surface area contributed by atoms with Crippen LogP contribution in [-0.4, -0.2) is 45.4 Å². The molecule has 3 aliphatic rings. The Bertz CT molecular complexity index is 898. The molecule has 1 aromatic heterocycles. The molecule has 1 saturated heterocycles. The van der Waals surface area contributed by atoms with Gasteiger partial charge in [-0.05, 0) is 31.2 Å². The topological polar surface area (TPSA) is 76.5 Å². The average Bonchev–Trinajstić information content (AvgIpc) is 3.49. The van der Waals surface area contributed by atoms with Crippen LogP contribution in [0.5, 0.6) is 0 Å². The van der Waals surface area contributed by atoms with Crippen molar-refractivity contribution in [3.05, 3.63) is 53.6 Å². The van der Waals surface area contributed by atoms with E-state index < -0.39 is 0 Å². The molecule has 2 fully saturated rings. The zero-order chi connectivity index (χ0) is 19.8. The highest BCUT2D eigenvalue weighted by molar-refractivity contribution is 5.93. The third-order valence-electron chi connectivity index (χ3n) is 6.18. The first kappa shape index (κ1) is 18.4. The standard InChI is InChI=1S/C22H26N4O3/c27-21(24-17-6-7-17)16-8-10-25(11-9-16)22(28)20-18-13-29-19(12-26(18)14-23-20)15-4-2-1-3-5-15/h1-5,14,16-17,19H,6-13H2,(H,24,27)/t19-/m1/s1. The number of carbonyl (C=O) groups is 2. The van der Waals surface area contributed by atoms with Gasteiger partial charge in [0, 0.05) is 25.0 Å². The lowest BCUT2D eigenvalue weighted by atomic mass is 9.95. The molecule has 2 aliphatic heterocycles. The van der Waals surface area contributed by atoms with Gasteiger partial charge in [0.15, 0.2) is 5.69 Å². The van der Waals surface area contributed by atoms with Crippen LogP contribution in [0.2, 0.25) is 0 Å². The second-order valence-electron chi connectivity index (χ2n) is 8.25. The zero-order valence-corrected chi connectivity index (χ0v) is 16.4. The molecular weight excluding hydrogens is 368 g/mol. The van der Waals surface area contributed by atoms with E-state index in [1.807, 2.05) is 27.7 Å². The first-order chi connectivity index (χ1) is 14.2. The molecule has 1 aromatic carbocycles. The number of likely N-dealkylation sites (tertiary alicyclic amines) is 1. The van der Waals surface area contributed by atoms with E-state index in [1.165, 1.54) is 0 Å². The van der Waals surface area contributed by atoms with Gasteiger partial charge in [0.1, 0.15) is 6.10 Å². The largest absolute Gasteiger partial charge is 0.365 e. The van der Waals surface area contributed by atoms with E-state index in [1.54, 1.807) is 6.33 Å². The maximum atomic E-state index is 13.0. The number of piperidine rings is 1. The lowest BCUT2D eigenvalue weighted by Gasteiger charge is -2.31. The lowest BCUT2D eigenvalue weighted by molar-refractivity contribution is -0.126. The van der Waals surface area contributed by atoms with Gasteiger partial charge in [-0.1, -0.05) is 30.3 Å². The molecule has 2 aromatic rings. The van der Waals surface area contributed by atoms with Crippen LogP contribution < -0.4 is 5.32 Å². The minimum absolute atomic E-state index is 0.0190. The van der Waals surface area contributed by atoms with Gasteiger partial charge in [-0.15, -0.1) is 0 Å². The van der Waals surface area contributed by atoms with Crippen molar-refractivity contribution in [1.29, 1.82) is 0 Å². The zero-order valence-electron chi connectivity index (χ0n) is 16.4. The number of nitrogens with zero attached hydrogens (tertiary/aromatic N) is 3. The van der Waals surface area contributed by atoms with Crippen LogP contribution >= 0.6 is 0 Å². The monoisotopic (exact) mass is 394 g/mol. The van der Waals surface area contributed by atoms with Crippen molar-refractivity contribution < 1.29 is 14.3 Å². The van der Waals surface area contributed by atoms with Gasteiger partial charge in [-0.2, -0.15) is 0 Å². The summed E-state index contributed by atoms with van der Waals surface area (Å²) in [5, 5.41) is 3.08. The van der Waals surface area contributed by atoms with Gasteiger partial charge < -0.3 is 19.5 Å². The normalized spacial score (nSPS) is 22.2. The molecule has 1 aliphatic carbocycles. The molecule has 1 atom stereocenters. The predicted molar refractivity (Wildman–Crippen MR) is 106 cm³/mol. The fourth-order valence-corrected chi connectivity index (χ4v) is 4.22. The Hall–Kier alpha value is -2.67. The molecule has 0 unspecified atom stereocenters. The Balaban J connectivity index is 1.22. The van der Waals surface area contributed by atoms with Gasteiger partial charge in [-0.3, -0.25) is 9.59 Å². The Morgan fingerprint density at radius 2 is 1.83 bits per heavy atom. The summed E-state index contributed by atoms with van der Waals surface area (Å²) in [6.07, 6.45) is 5.35. The first-order valence-corrected chi connectivity index (χ1v) is 10.5. The summed E-state index contributed by atoms with van der Waals surface area (Å²) in [5.74, 6) is 0.117. The molecule has 1 saturated carbocycles. The lowest BCUT2D eigenvalue weighted by Crippen LogP contribution is -2.43. The predicted octanol–water partition coefficient (Wildman–Crippen LogP) is 2.29. The van der Waals surface area contributed by atoms with Crippen LogP contribution in [0.1, 0.15) is 53.5 Å². The summed E-state index contributed by atoms with van der Waals surface area (Å²) in [6.45, 7) is 2.23. The molecule has 3 heterocycles. The number of carbonyl (C=O) groups excluding carboxylic acids is 2. The Labute approximate surface area is 170 Å². The third kappa shape index (κ3) is 3.79. The molecule has 7 heteroatoms. The molecule has 0 radical (unpaired) electrons. The van der Waals surface area contributed by atoms with Crippen LogP contribution in [0.15, 0.2) is 36.7 Å². The third-order valence-corrected chi connectivity index (χ3v) is 6.18. The second kappa shape index (κ2) is 7.63. The summed E-state index contributed by atoms with van der Waals surface area (Å²) in [6, 6.07) is 10.5. The number of fused-ring (bicyclic) bond motifs is 1. The van der Waals surface area contributed by atoms with Crippen LogP contribution in [0.25, 0.3) is 0 Å². The molecule has 7 nitrogen and oxygen atoms in total. The van der Waals surface area contributed by atoms with Gasteiger partial charge in [-0.25, -0.2) is 4.98 Å². The quantitative estimate of drug-likeness (QED) is 0.863. The van der Waals surface area contributed by atoms with E-state index in [2.05, 4.69) is 22.4 Å². The van der Waals surface area contributed by atoms with Crippen molar-refractivity contribution in [1.82, 2.24) is 19.8 Å². The van der Waals surface area contributed by atoms with Crippen LogP contribution in [0.3, 0.4) is 0 Å². The number of hydrogen-bond donors (Lipinski definition) is 1. The molecule has 1 N–H and O–H groups in total. The van der Waals surface area contributed by atoms with E-state index in [0.29, 0.717) is 50.8 Å². The molecule has 0 spiro atoms. The fraction of sp³-hybridized carbons (Fsp3) is 0.500. The maximum absolute atomic E-state index is 13.0. The number of benzene rings is 1. The number of aromatic nitrogens is 2. The van der Waals surface area contributed by atoms with E-state index in [-0.39, 0.29) is 23.8 Å². The van der Waals surface area contributed by atoms with Crippen molar-refractivity contribution in [2.24, 2.45) is 5.92 Å². The molecular formula is C22H26N4O3. The Kier molecular flexibility index (Phi) is 4.83. The van der Waals surface area contributed by atoms with Crippen molar-refractivity contribution in [2.75, 3.05) is 13.1 Å². The Morgan fingerprint density at radius 3 is 2.55 bits per heavy atom. The number of rotatable bonds is 4. The van der Waals surface area contributed by atoms with Gasteiger partial charge in [0.2, 0.25) is 5.91 Å². The van der Waals surface area contributed by atoms with Crippen LogP contribution in [0, 0.1) is 5.92 Å². The number of hydrogen-bond acceptors (Lipinski definition) is 4. The fourth-order valence-electron chi connectivity index (χ4n) is 4.22. The number of nitrogens with one attached hydrogen (secondary N) is 1. The van der Waals surface area contributed by atoms with Gasteiger partial charge in [0.25, 0.3) is 5.91 Å². The highest BCUT2D eigenvalue weighted by Gasteiger charge is 2.33. The summed E-state index contributed by atoms with van der Waals surface area (Å²) in [4.78, 5) is 31.5. The van der Waals surface area contributed by atoms with Crippen molar-refractivity contribution in [3.8, 4) is 0 Å². The van der Waals surface area contributed by atoms with E-state index in [4.69, 9.17) is 4.74 Å². The number of ether oxygens (including phenoxy) is 1. The minimum atomic E-state index is -0.0541. The van der Waals surface area contributed by atoms with Crippen molar-refractivity contribution in [2.45, 2.75) is 51.0 Å². The van der Waals surface area contributed by atoms with Gasteiger partial charge >= 0.3 is 0 Å². The Morgan fingerprint density at radius 1 is 1.07 bits per heavy atom. The maximum Gasteiger partial charge on any atom is 0.274 e. The van der Waals surface area contributed by atoms with E-state index >= 15 is 0 Å². The smallest absolute Gasteiger partial charge is 0.274 e. The summed E-state index contributed by atoms with van der Waals surface area (Å²) in [7, 11) is 0. The van der Waals surface area contributed by atoms with Gasteiger partial charge in [0.05, 0.1) is 25.2 Å². The molecule has 2 amide bonds. The summed E-state index contributed by atoms with van der Waals surface area (Å²) >= 11 is 0. The summed E-state index contributed by atoms with van der Waals surface area (Å²) in [5.41, 5.74) is 2.46. The summed E-state index contributed by atoms with van der Waals surface area (Å²) < 4.78 is 8.07. The number of imidazole rings is 1. The minimum Gasteiger partial charge on any atom is -0.365 e.